The van der Waals surface area contributed by atoms with Crippen molar-refractivity contribution in [2.75, 3.05) is 6.61 Å². The molecule has 0 radical (unpaired) electrons. The van der Waals surface area contributed by atoms with Gasteiger partial charge in [-0.25, -0.2) is 0 Å². The number of rotatable bonds is 5. The Balaban J connectivity index is 1.89. The maximum absolute atomic E-state index is 9.85. The monoisotopic (exact) mass is 250 g/mol. The fraction of sp³-hybridized carbons (Fsp3) is 0.600. The van der Waals surface area contributed by atoms with E-state index in [4.69, 9.17) is 9.47 Å². The zero-order valence-electron chi connectivity index (χ0n) is 11.0. The van der Waals surface area contributed by atoms with Gasteiger partial charge in [-0.15, -0.1) is 0 Å². The topological polar surface area (TPSA) is 38.7 Å². The van der Waals surface area contributed by atoms with Crippen LogP contribution in [0.2, 0.25) is 0 Å². The molecule has 1 aromatic rings. The molecule has 0 aliphatic heterocycles. The first kappa shape index (κ1) is 13.2. The van der Waals surface area contributed by atoms with Crippen LogP contribution in [0, 0.1) is 0 Å². The molecule has 0 heterocycles. The molecular weight excluding hydrogens is 228 g/mol. The van der Waals surface area contributed by atoms with E-state index >= 15 is 0 Å². The van der Waals surface area contributed by atoms with E-state index in [0.717, 1.165) is 50.2 Å². The van der Waals surface area contributed by atoms with Crippen molar-refractivity contribution in [1.82, 2.24) is 0 Å². The lowest BCUT2D eigenvalue weighted by Crippen LogP contribution is -2.34. The highest BCUT2D eigenvalue weighted by atomic mass is 16.5. The van der Waals surface area contributed by atoms with Gasteiger partial charge in [0.05, 0.1) is 12.7 Å². The number of aliphatic hydroxyl groups excluding tert-OH is 1. The van der Waals surface area contributed by atoms with Gasteiger partial charge in [-0.1, -0.05) is 13.3 Å². The van der Waals surface area contributed by atoms with E-state index in [1.165, 1.54) is 0 Å². The molecule has 0 unspecified atom stereocenters. The van der Waals surface area contributed by atoms with Crippen LogP contribution in [0.25, 0.3) is 0 Å². The fourth-order valence-corrected chi connectivity index (χ4v) is 2.22. The first-order chi connectivity index (χ1) is 8.79. The van der Waals surface area contributed by atoms with E-state index in [2.05, 4.69) is 6.92 Å². The van der Waals surface area contributed by atoms with Crippen LogP contribution in [0.5, 0.6) is 11.5 Å². The minimum absolute atomic E-state index is 0.0545. The van der Waals surface area contributed by atoms with Crippen molar-refractivity contribution in [2.24, 2.45) is 0 Å². The van der Waals surface area contributed by atoms with Gasteiger partial charge >= 0.3 is 0 Å². The summed E-state index contributed by atoms with van der Waals surface area (Å²) in [7, 11) is 0. The smallest absolute Gasteiger partial charge is 0.124 e. The fourth-order valence-electron chi connectivity index (χ4n) is 2.22. The summed E-state index contributed by atoms with van der Waals surface area (Å²) in [4.78, 5) is 0. The Morgan fingerprint density at radius 1 is 1.11 bits per heavy atom. The molecule has 1 aliphatic carbocycles. The van der Waals surface area contributed by atoms with E-state index in [9.17, 15) is 5.11 Å². The van der Waals surface area contributed by atoms with Gasteiger partial charge in [0, 0.05) is 0 Å². The number of hydrogen-bond donors (Lipinski definition) is 1. The van der Waals surface area contributed by atoms with Crippen molar-refractivity contribution < 1.29 is 14.6 Å². The van der Waals surface area contributed by atoms with Crippen molar-refractivity contribution in [2.45, 2.75) is 51.2 Å². The summed E-state index contributed by atoms with van der Waals surface area (Å²) in [5.41, 5.74) is 0. The van der Waals surface area contributed by atoms with Crippen LogP contribution in [-0.4, -0.2) is 23.9 Å². The third-order valence-corrected chi connectivity index (χ3v) is 3.25. The molecule has 0 aromatic heterocycles. The lowest BCUT2D eigenvalue weighted by molar-refractivity contribution is 0.00685. The van der Waals surface area contributed by atoms with Crippen molar-refractivity contribution in [3.63, 3.8) is 0 Å². The summed E-state index contributed by atoms with van der Waals surface area (Å²) in [5, 5.41) is 9.85. The van der Waals surface area contributed by atoms with Crippen molar-refractivity contribution in [1.29, 1.82) is 0 Å². The molecule has 18 heavy (non-hydrogen) atoms. The molecule has 3 heteroatoms. The molecule has 1 fully saturated rings. The molecule has 0 spiro atoms. The lowest BCUT2D eigenvalue weighted by Gasteiger charge is -2.28. The SMILES string of the molecule is CCCOc1ccc(O[C@@H]2CCCC[C@H]2O)cc1. The quantitative estimate of drug-likeness (QED) is 0.872. The normalized spacial score (nSPS) is 23.7. The molecule has 2 rings (SSSR count). The van der Waals surface area contributed by atoms with Crippen LogP contribution in [0.1, 0.15) is 39.0 Å². The molecule has 3 nitrogen and oxygen atoms in total. The second kappa shape index (κ2) is 6.64. The van der Waals surface area contributed by atoms with Crippen LogP contribution in [-0.2, 0) is 0 Å². The Hall–Kier alpha value is -1.22. The van der Waals surface area contributed by atoms with Crippen molar-refractivity contribution >= 4 is 0 Å². The molecule has 100 valence electrons. The minimum Gasteiger partial charge on any atom is -0.494 e. The Morgan fingerprint density at radius 2 is 1.78 bits per heavy atom. The van der Waals surface area contributed by atoms with Crippen LogP contribution in [0.4, 0.5) is 0 Å². The molecule has 0 bridgehead atoms. The molecule has 1 N–H and O–H groups in total. The summed E-state index contributed by atoms with van der Waals surface area (Å²) in [5.74, 6) is 1.68. The zero-order chi connectivity index (χ0) is 12.8. The maximum atomic E-state index is 9.85. The molecule has 1 saturated carbocycles. The summed E-state index contributed by atoms with van der Waals surface area (Å²) in [6, 6.07) is 7.65. The molecular formula is C15H22O3. The van der Waals surface area contributed by atoms with Gasteiger partial charge in [0.2, 0.25) is 0 Å². The van der Waals surface area contributed by atoms with Crippen molar-refractivity contribution in [3.8, 4) is 11.5 Å². The van der Waals surface area contributed by atoms with Gasteiger partial charge in [0.15, 0.2) is 0 Å². The number of ether oxygens (including phenoxy) is 2. The lowest BCUT2D eigenvalue weighted by atomic mass is 9.95. The van der Waals surface area contributed by atoms with Gasteiger partial charge in [0.1, 0.15) is 17.6 Å². The number of aliphatic hydroxyl groups is 1. The average molecular weight is 250 g/mol. The first-order valence-corrected chi connectivity index (χ1v) is 6.87. The molecule has 0 saturated heterocycles. The predicted molar refractivity (Wildman–Crippen MR) is 71.1 cm³/mol. The number of hydrogen-bond acceptors (Lipinski definition) is 3. The van der Waals surface area contributed by atoms with Crippen LogP contribution < -0.4 is 9.47 Å². The van der Waals surface area contributed by atoms with E-state index in [-0.39, 0.29) is 12.2 Å². The summed E-state index contributed by atoms with van der Waals surface area (Å²) in [6.07, 6.45) is 4.66. The van der Waals surface area contributed by atoms with Gasteiger partial charge in [0.25, 0.3) is 0 Å². The van der Waals surface area contributed by atoms with Gasteiger partial charge in [-0.3, -0.25) is 0 Å². The van der Waals surface area contributed by atoms with Gasteiger partial charge < -0.3 is 14.6 Å². The minimum atomic E-state index is -0.324. The summed E-state index contributed by atoms with van der Waals surface area (Å²) < 4.78 is 11.3. The van der Waals surface area contributed by atoms with Gasteiger partial charge in [-0.2, -0.15) is 0 Å². The third kappa shape index (κ3) is 3.64. The third-order valence-electron chi connectivity index (χ3n) is 3.25. The highest BCUT2D eigenvalue weighted by Crippen LogP contribution is 2.25. The Labute approximate surface area is 109 Å². The molecule has 1 aromatic carbocycles. The Kier molecular flexibility index (Phi) is 4.88. The molecule has 0 amide bonds. The predicted octanol–water partition coefficient (Wildman–Crippen LogP) is 3.16. The van der Waals surface area contributed by atoms with E-state index in [1.807, 2.05) is 24.3 Å². The second-order valence-electron chi connectivity index (χ2n) is 4.83. The Bertz CT molecular complexity index is 347. The highest BCUT2D eigenvalue weighted by Gasteiger charge is 2.24. The maximum Gasteiger partial charge on any atom is 0.124 e. The standard InChI is InChI=1S/C15H22O3/c1-2-11-17-12-7-9-13(10-8-12)18-15-6-4-3-5-14(15)16/h7-10,14-16H,2-6,11H2,1H3/t14-,15-/m1/s1. The van der Waals surface area contributed by atoms with Crippen LogP contribution in [0.3, 0.4) is 0 Å². The second-order valence-corrected chi connectivity index (χ2v) is 4.83. The molecule has 1 aliphatic rings. The number of benzene rings is 1. The van der Waals surface area contributed by atoms with Crippen LogP contribution >= 0.6 is 0 Å². The van der Waals surface area contributed by atoms with Gasteiger partial charge in [-0.05, 0) is 49.9 Å². The van der Waals surface area contributed by atoms with E-state index in [0.29, 0.717) is 0 Å². The first-order valence-electron chi connectivity index (χ1n) is 6.87. The molecule has 2 atom stereocenters. The Morgan fingerprint density at radius 3 is 2.44 bits per heavy atom. The largest absolute Gasteiger partial charge is 0.494 e. The zero-order valence-corrected chi connectivity index (χ0v) is 11.0. The summed E-state index contributed by atoms with van der Waals surface area (Å²) >= 11 is 0. The van der Waals surface area contributed by atoms with Crippen molar-refractivity contribution in [3.05, 3.63) is 24.3 Å². The average Bonchev–Trinajstić information content (AvgIpc) is 2.41. The van der Waals surface area contributed by atoms with E-state index < -0.39 is 0 Å². The highest BCUT2D eigenvalue weighted by molar-refractivity contribution is 5.31. The summed E-state index contributed by atoms with van der Waals surface area (Å²) in [6.45, 7) is 2.82. The van der Waals surface area contributed by atoms with Crippen LogP contribution in [0.15, 0.2) is 24.3 Å². The van der Waals surface area contributed by atoms with E-state index in [1.54, 1.807) is 0 Å².